The molecule has 0 saturated heterocycles. The van der Waals surface area contributed by atoms with E-state index in [1.165, 1.54) is 0 Å². The van der Waals surface area contributed by atoms with E-state index >= 15 is 0 Å². The van der Waals surface area contributed by atoms with E-state index in [4.69, 9.17) is 9.47 Å². The van der Waals surface area contributed by atoms with Crippen LogP contribution in [0.25, 0.3) is 0 Å². The molecule has 0 fully saturated rings. The Hall–Kier alpha value is 0.400. The van der Waals surface area contributed by atoms with Crippen molar-refractivity contribution in [1.29, 1.82) is 0 Å². The van der Waals surface area contributed by atoms with Gasteiger partial charge in [-0.3, -0.25) is 0 Å². The number of alkyl halides is 1. The molecular weight excluding hydrogens is 220 g/mol. The monoisotopic (exact) mass is 238 g/mol. The molecule has 0 aliphatic carbocycles. The van der Waals surface area contributed by atoms with Crippen LogP contribution in [0, 0.1) is 0 Å². The third-order valence-corrected chi connectivity index (χ3v) is 1.75. The topological polar surface area (TPSA) is 18.5 Å². The quantitative estimate of drug-likeness (QED) is 0.524. The van der Waals surface area contributed by atoms with E-state index in [2.05, 4.69) is 15.9 Å². The van der Waals surface area contributed by atoms with Gasteiger partial charge in [-0.25, -0.2) is 0 Å². The molecule has 0 rings (SSSR count). The first-order chi connectivity index (χ1) is 5.56. The minimum Gasteiger partial charge on any atom is -0.379 e. The number of halogens is 1. The molecule has 0 aromatic rings. The van der Waals surface area contributed by atoms with Gasteiger partial charge >= 0.3 is 0 Å². The highest BCUT2D eigenvalue weighted by molar-refractivity contribution is 9.09. The molecule has 0 N–H and O–H groups in total. The molecule has 0 aromatic carbocycles. The molecule has 0 radical (unpaired) electrons. The van der Waals surface area contributed by atoms with Gasteiger partial charge in [0.15, 0.2) is 0 Å². The lowest BCUT2D eigenvalue weighted by molar-refractivity contribution is -0.0345. The maximum Gasteiger partial charge on any atom is 0.0707 e. The van der Waals surface area contributed by atoms with Crippen molar-refractivity contribution in [3.05, 3.63) is 0 Å². The van der Waals surface area contributed by atoms with E-state index in [0.717, 1.165) is 18.4 Å². The lowest BCUT2D eigenvalue weighted by atomic mass is 10.2. The van der Waals surface area contributed by atoms with Crippen molar-refractivity contribution < 1.29 is 9.47 Å². The number of hydrogen-bond acceptors (Lipinski definition) is 2. The van der Waals surface area contributed by atoms with Crippen molar-refractivity contribution in [3.63, 3.8) is 0 Å². The van der Waals surface area contributed by atoms with Gasteiger partial charge in [-0.15, -0.1) is 0 Å². The van der Waals surface area contributed by atoms with Crippen LogP contribution in [0.2, 0.25) is 0 Å². The van der Waals surface area contributed by atoms with Crippen molar-refractivity contribution in [2.45, 2.75) is 32.8 Å². The second kappa shape index (κ2) is 6.87. The van der Waals surface area contributed by atoms with Crippen molar-refractivity contribution in [2.75, 3.05) is 25.2 Å². The van der Waals surface area contributed by atoms with E-state index in [9.17, 15) is 0 Å². The van der Waals surface area contributed by atoms with Crippen LogP contribution in [0.5, 0.6) is 0 Å². The molecule has 74 valence electrons. The van der Waals surface area contributed by atoms with Crippen LogP contribution < -0.4 is 0 Å². The molecule has 0 unspecified atom stereocenters. The molecule has 12 heavy (non-hydrogen) atoms. The van der Waals surface area contributed by atoms with Crippen LogP contribution in [-0.2, 0) is 9.47 Å². The smallest absolute Gasteiger partial charge is 0.0707 e. The number of hydrogen-bond donors (Lipinski definition) is 0. The summed E-state index contributed by atoms with van der Waals surface area (Å²) in [5.41, 5.74) is -0.0429. The molecule has 0 aromatic heterocycles. The zero-order chi connectivity index (χ0) is 9.45. The summed E-state index contributed by atoms with van der Waals surface area (Å²) < 4.78 is 10.8. The van der Waals surface area contributed by atoms with Gasteiger partial charge in [0.25, 0.3) is 0 Å². The van der Waals surface area contributed by atoms with Gasteiger partial charge in [0.1, 0.15) is 0 Å². The van der Waals surface area contributed by atoms with E-state index in [1.807, 2.05) is 20.8 Å². The van der Waals surface area contributed by atoms with Gasteiger partial charge in [-0.05, 0) is 27.2 Å². The molecule has 0 aliphatic heterocycles. The van der Waals surface area contributed by atoms with Crippen LogP contribution >= 0.6 is 15.9 Å². The van der Waals surface area contributed by atoms with Gasteiger partial charge in [0, 0.05) is 11.9 Å². The van der Waals surface area contributed by atoms with Crippen LogP contribution in [0.4, 0.5) is 0 Å². The Kier molecular flexibility index (Phi) is 7.10. The van der Waals surface area contributed by atoms with E-state index in [-0.39, 0.29) is 5.60 Å². The summed E-state index contributed by atoms with van der Waals surface area (Å²) in [5, 5.41) is 1.01. The molecule has 0 bridgehead atoms. The van der Waals surface area contributed by atoms with Crippen molar-refractivity contribution in [1.82, 2.24) is 0 Å². The Morgan fingerprint density at radius 2 is 1.75 bits per heavy atom. The van der Waals surface area contributed by atoms with Gasteiger partial charge < -0.3 is 9.47 Å². The van der Waals surface area contributed by atoms with Crippen LogP contribution in [0.3, 0.4) is 0 Å². The average Bonchev–Trinajstić information content (AvgIpc) is 1.94. The fourth-order valence-electron chi connectivity index (χ4n) is 0.665. The molecular formula is C9H19BrO2. The molecule has 0 amide bonds. The zero-order valence-corrected chi connectivity index (χ0v) is 9.82. The molecule has 0 spiro atoms. The zero-order valence-electron chi connectivity index (χ0n) is 8.23. The summed E-state index contributed by atoms with van der Waals surface area (Å²) in [6, 6.07) is 0. The van der Waals surface area contributed by atoms with Crippen LogP contribution in [-0.4, -0.2) is 30.8 Å². The van der Waals surface area contributed by atoms with Gasteiger partial charge in [0.2, 0.25) is 0 Å². The summed E-state index contributed by atoms with van der Waals surface area (Å²) in [6.45, 7) is 8.34. The van der Waals surface area contributed by atoms with Gasteiger partial charge in [-0.1, -0.05) is 15.9 Å². The average molecular weight is 239 g/mol. The Morgan fingerprint density at radius 3 is 2.25 bits per heavy atom. The maximum absolute atomic E-state index is 5.47. The Labute approximate surface area is 83.8 Å². The Balaban J connectivity index is 3.01. The van der Waals surface area contributed by atoms with Crippen LogP contribution in [0.1, 0.15) is 27.2 Å². The largest absolute Gasteiger partial charge is 0.379 e. The molecule has 0 saturated carbocycles. The third-order valence-electron chi connectivity index (χ3n) is 1.19. The second-order valence-corrected chi connectivity index (χ2v) is 4.41. The predicted molar refractivity (Wildman–Crippen MR) is 54.9 cm³/mol. The summed E-state index contributed by atoms with van der Waals surface area (Å²) in [7, 11) is 0. The normalized spacial score (nSPS) is 12.0. The molecule has 0 atom stereocenters. The first kappa shape index (κ1) is 12.4. The third kappa shape index (κ3) is 10.4. The SMILES string of the molecule is CC(C)(C)OCCOCCCBr. The lowest BCUT2D eigenvalue weighted by Gasteiger charge is -2.19. The fourth-order valence-corrected chi connectivity index (χ4v) is 0.894. The van der Waals surface area contributed by atoms with Gasteiger partial charge in [-0.2, -0.15) is 0 Å². The first-order valence-corrected chi connectivity index (χ1v) is 5.46. The standard InChI is InChI=1S/C9H19BrO2/c1-9(2,3)12-8-7-11-6-4-5-10/h4-8H2,1-3H3. The van der Waals surface area contributed by atoms with E-state index < -0.39 is 0 Å². The molecule has 2 nitrogen and oxygen atoms in total. The summed E-state index contributed by atoms with van der Waals surface area (Å²) in [5.74, 6) is 0. The highest BCUT2D eigenvalue weighted by Crippen LogP contribution is 2.05. The molecule has 3 heteroatoms. The van der Waals surface area contributed by atoms with Gasteiger partial charge in [0.05, 0.1) is 18.8 Å². The number of rotatable bonds is 6. The van der Waals surface area contributed by atoms with Crippen molar-refractivity contribution in [2.24, 2.45) is 0 Å². The highest BCUT2D eigenvalue weighted by atomic mass is 79.9. The summed E-state index contributed by atoms with van der Waals surface area (Å²) >= 11 is 3.34. The Bertz CT molecular complexity index is 99.2. The minimum absolute atomic E-state index is 0.0429. The van der Waals surface area contributed by atoms with Crippen molar-refractivity contribution in [3.8, 4) is 0 Å². The summed E-state index contributed by atoms with van der Waals surface area (Å²) in [6.07, 6.45) is 1.06. The first-order valence-electron chi connectivity index (χ1n) is 4.34. The Morgan fingerprint density at radius 1 is 1.08 bits per heavy atom. The second-order valence-electron chi connectivity index (χ2n) is 3.62. The van der Waals surface area contributed by atoms with E-state index in [0.29, 0.717) is 13.2 Å². The van der Waals surface area contributed by atoms with E-state index in [1.54, 1.807) is 0 Å². The highest BCUT2D eigenvalue weighted by Gasteiger charge is 2.08. The summed E-state index contributed by atoms with van der Waals surface area (Å²) in [4.78, 5) is 0. The fraction of sp³-hybridized carbons (Fsp3) is 1.00. The lowest BCUT2D eigenvalue weighted by Crippen LogP contribution is -2.21. The maximum atomic E-state index is 5.47. The number of ether oxygens (including phenoxy) is 2. The van der Waals surface area contributed by atoms with Crippen LogP contribution in [0.15, 0.2) is 0 Å². The van der Waals surface area contributed by atoms with Crippen molar-refractivity contribution >= 4 is 15.9 Å². The minimum atomic E-state index is -0.0429. The predicted octanol–water partition coefficient (Wildman–Crippen LogP) is 2.60. The molecule has 0 aliphatic rings. The molecule has 0 heterocycles.